The molecule has 0 spiro atoms. The predicted octanol–water partition coefficient (Wildman–Crippen LogP) is 8.64. The molecule has 0 aromatic carbocycles. The average Bonchev–Trinajstić information content (AvgIpc) is 3.45. The van der Waals surface area contributed by atoms with E-state index in [2.05, 4.69) is 109 Å². The smallest absolute Gasteiger partial charge is 0.110 e. The lowest BCUT2D eigenvalue weighted by atomic mass is 10.0. The van der Waals surface area contributed by atoms with Crippen molar-refractivity contribution < 1.29 is 0 Å². The number of rotatable bonds is 6. The Morgan fingerprint density at radius 2 is 1.00 bits per heavy atom. The molecule has 2 aliphatic heterocycles. The number of hydrogen-bond acceptors (Lipinski definition) is 2. The van der Waals surface area contributed by atoms with E-state index < -0.39 is 0 Å². The van der Waals surface area contributed by atoms with E-state index in [0.717, 1.165) is 51.3 Å². The molecule has 2 aromatic rings. The molecule has 4 nitrogen and oxygen atoms in total. The van der Waals surface area contributed by atoms with Gasteiger partial charge in [-0.05, 0) is 143 Å². The van der Waals surface area contributed by atoms with Gasteiger partial charge in [0.15, 0.2) is 0 Å². The van der Waals surface area contributed by atoms with Gasteiger partial charge in [-0.1, -0.05) is 13.8 Å². The van der Waals surface area contributed by atoms with Gasteiger partial charge < -0.3 is 9.97 Å². The fourth-order valence-electron chi connectivity index (χ4n) is 4.96. The Bertz CT molecular complexity index is 1290. The van der Waals surface area contributed by atoms with Crippen molar-refractivity contribution in [2.45, 2.75) is 74.7 Å². The highest BCUT2D eigenvalue weighted by atomic mass is 79.9. The van der Waals surface area contributed by atoms with E-state index in [1.807, 2.05) is 0 Å². The van der Waals surface area contributed by atoms with Crippen molar-refractivity contribution >= 4 is 53.3 Å². The van der Waals surface area contributed by atoms with Crippen LogP contribution in [-0.2, 0) is 19.3 Å². The van der Waals surface area contributed by atoms with Crippen molar-refractivity contribution in [2.75, 3.05) is 0 Å². The molecule has 0 amide bonds. The first kappa shape index (κ1) is 25.9. The number of allylic oxidation sites excluding steroid dienone is 4. The molecule has 0 bridgehead atoms. The van der Waals surface area contributed by atoms with E-state index in [4.69, 9.17) is 9.98 Å². The Kier molecular flexibility index (Phi) is 7.44. The maximum Gasteiger partial charge on any atom is 0.110 e. The summed E-state index contributed by atoms with van der Waals surface area (Å²) in [6, 6.07) is 0. The molecular formula is C29H34Br2N4. The van der Waals surface area contributed by atoms with Crippen LogP contribution in [0.25, 0.3) is 12.2 Å². The van der Waals surface area contributed by atoms with Crippen LogP contribution >= 0.6 is 31.9 Å². The second-order valence-corrected chi connectivity index (χ2v) is 11.0. The van der Waals surface area contributed by atoms with Crippen LogP contribution in [0.5, 0.6) is 0 Å². The summed E-state index contributed by atoms with van der Waals surface area (Å²) in [7, 11) is 0. The monoisotopic (exact) mass is 596 g/mol. The number of hydrogen-bond donors (Lipinski definition) is 2. The zero-order valence-corrected chi connectivity index (χ0v) is 25.1. The second-order valence-electron chi connectivity index (χ2n) is 9.49. The van der Waals surface area contributed by atoms with Gasteiger partial charge in [-0.3, -0.25) is 0 Å². The van der Waals surface area contributed by atoms with Gasteiger partial charge >= 0.3 is 0 Å². The Balaban J connectivity index is 1.73. The number of aromatic nitrogens is 2. The van der Waals surface area contributed by atoms with Crippen molar-refractivity contribution in [3.05, 3.63) is 78.7 Å². The van der Waals surface area contributed by atoms with Crippen molar-refractivity contribution in [3.63, 3.8) is 0 Å². The molecule has 184 valence electrons. The molecule has 6 heteroatoms. The molecule has 2 N–H and O–H groups in total. The van der Waals surface area contributed by atoms with Crippen LogP contribution in [0.3, 0.4) is 0 Å². The first-order chi connectivity index (χ1) is 16.6. The molecule has 4 heterocycles. The highest BCUT2D eigenvalue weighted by Crippen LogP contribution is 2.33. The number of H-pyrrole nitrogens is 2. The minimum Gasteiger partial charge on any atom is -0.358 e. The van der Waals surface area contributed by atoms with Gasteiger partial charge in [-0.25, -0.2) is 9.98 Å². The van der Waals surface area contributed by atoms with Crippen molar-refractivity contribution in [1.29, 1.82) is 0 Å². The molecule has 0 radical (unpaired) electrons. The quantitative estimate of drug-likeness (QED) is 0.335. The molecule has 35 heavy (non-hydrogen) atoms. The molecule has 4 rings (SSSR count). The number of nitrogens with one attached hydrogen (secondary N) is 2. The van der Waals surface area contributed by atoms with Crippen LogP contribution in [0, 0.1) is 13.8 Å². The maximum atomic E-state index is 4.71. The first-order valence-electron chi connectivity index (χ1n) is 12.3. The second kappa shape index (κ2) is 10.1. The van der Waals surface area contributed by atoms with Gasteiger partial charge in [-0.2, -0.15) is 0 Å². The number of nitrogens with zero attached hydrogens (tertiary/aromatic N) is 2. The molecule has 0 unspecified atom stereocenters. The molecule has 0 aliphatic carbocycles. The van der Waals surface area contributed by atoms with Crippen LogP contribution in [0.2, 0.25) is 0 Å². The molecule has 0 fully saturated rings. The average molecular weight is 598 g/mol. The fourth-order valence-corrected chi connectivity index (χ4v) is 5.94. The van der Waals surface area contributed by atoms with Crippen LogP contribution < -0.4 is 0 Å². The van der Waals surface area contributed by atoms with E-state index >= 15 is 0 Å². The highest BCUT2D eigenvalue weighted by Gasteiger charge is 2.21. The van der Waals surface area contributed by atoms with E-state index in [1.54, 1.807) is 0 Å². The minimum absolute atomic E-state index is 0.849. The Labute approximate surface area is 225 Å². The van der Waals surface area contributed by atoms with E-state index in [-0.39, 0.29) is 0 Å². The number of halogens is 2. The summed E-state index contributed by atoms with van der Waals surface area (Å²) in [5.74, 6) is 0. The largest absolute Gasteiger partial charge is 0.358 e. The van der Waals surface area contributed by atoms with Gasteiger partial charge in [0.1, 0.15) is 9.24 Å². The van der Waals surface area contributed by atoms with E-state index in [0.29, 0.717) is 0 Å². The predicted molar refractivity (Wildman–Crippen MR) is 158 cm³/mol. The summed E-state index contributed by atoms with van der Waals surface area (Å²) in [6.07, 6.45) is 7.21. The molecule has 0 saturated carbocycles. The van der Waals surface area contributed by atoms with Crippen LogP contribution in [-0.4, -0.2) is 19.2 Å². The zero-order valence-electron chi connectivity index (χ0n) is 21.9. The van der Waals surface area contributed by atoms with Gasteiger partial charge in [0.2, 0.25) is 0 Å². The van der Waals surface area contributed by atoms with Crippen LogP contribution in [0.15, 0.2) is 43.7 Å². The molecule has 0 atom stereocenters. The summed E-state index contributed by atoms with van der Waals surface area (Å²) < 4.78 is 1.85. The van der Waals surface area contributed by atoms with Gasteiger partial charge in [-0.15, -0.1) is 0 Å². The van der Waals surface area contributed by atoms with Crippen LogP contribution in [0.4, 0.5) is 0 Å². The molecule has 2 aliphatic rings. The maximum absolute atomic E-state index is 4.71. The topological polar surface area (TPSA) is 56.3 Å². The lowest BCUT2D eigenvalue weighted by molar-refractivity contribution is 0.965. The number of aliphatic imine (C=N–C) groups is 2. The van der Waals surface area contributed by atoms with Gasteiger partial charge in [0.25, 0.3) is 0 Å². The molecule has 0 saturated heterocycles. The van der Waals surface area contributed by atoms with Crippen molar-refractivity contribution in [1.82, 2.24) is 9.97 Å². The van der Waals surface area contributed by atoms with E-state index in [9.17, 15) is 0 Å². The van der Waals surface area contributed by atoms with Gasteiger partial charge in [0.05, 0.1) is 11.4 Å². The first-order valence-corrected chi connectivity index (χ1v) is 13.8. The lowest BCUT2D eigenvalue weighted by Gasteiger charge is -2.05. The van der Waals surface area contributed by atoms with E-state index in [1.165, 1.54) is 55.9 Å². The fraction of sp³-hybridized carbons (Fsp3) is 0.379. The Morgan fingerprint density at radius 1 is 0.629 bits per heavy atom. The SMILES string of the molecule is CCc1c(Cc2[nH]c(C=C3N=C(Br)C(C)=C3C)c(C)c2CC)[nH]c(C=C2N=C(Br)C(C)=C2C)c1C. The summed E-state index contributed by atoms with van der Waals surface area (Å²) in [4.78, 5) is 16.9. The summed E-state index contributed by atoms with van der Waals surface area (Å²) >= 11 is 7.16. The van der Waals surface area contributed by atoms with Crippen molar-refractivity contribution in [2.24, 2.45) is 9.98 Å². The number of aromatic amines is 2. The Morgan fingerprint density at radius 3 is 1.29 bits per heavy atom. The molecular weight excluding hydrogens is 564 g/mol. The van der Waals surface area contributed by atoms with Crippen molar-refractivity contribution in [3.8, 4) is 0 Å². The zero-order chi connectivity index (χ0) is 25.6. The summed E-state index contributed by atoms with van der Waals surface area (Å²) in [6.45, 7) is 17.4. The summed E-state index contributed by atoms with van der Waals surface area (Å²) in [5, 5.41) is 0. The lowest BCUT2D eigenvalue weighted by Crippen LogP contribution is -1.97. The van der Waals surface area contributed by atoms with Crippen LogP contribution in [0.1, 0.15) is 86.6 Å². The van der Waals surface area contributed by atoms with Gasteiger partial charge in [0, 0.05) is 29.2 Å². The normalized spacial score (nSPS) is 18.6. The highest BCUT2D eigenvalue weighted by molar-refractivity contribution is 9.18. The third kappa shape index (κ3) is 4.67. The standard InChI is InChI=1S/C29H34Br2N4/c1-9-20-18(7)24(11-22-14(3)16(5)28(30)34-22)32-26(20)13-27-21(10-2)19(8)25(33-27)12-23-15(4)17(6)29(31)35-23/h11-12,32-33H,9-10,13H2,1-8H3. The Hall–Kier alpha value is -2.18. The third-order valence-electron chi connectivity index (χ3n) is 7.59. The summed E-state index contributed by atoms with van der Waals surface area (Å²) in [5.41, 5.74) is 17.1. The minimum atomic E-state index is 0.849. The molecule has 2 aromatic heterocycles. The third-order valence-corrected chi connectivity index (χ3v) is 9.13.